The van der Waals surface area contributed by atoms with Gasteiger partial charge in [-0.25, -0.2) is 4.98 Å². The minimum absolute atomic E-state index is 0.0869. The summed E-state index contributed by atoms with van der Waals surface area (Å²) < 4.78 is 1.64. The van der Waals surface area contributed by atoms with Crippen LogP contribution in [0.4, 0.5) is 5.95 Å². The number of anilines is 1. The van der Waals surface area contributed by atoms with Gasteiger partial charge < -0.3 is 5.73 Å². The highest BCUT2D eigenvalue weighted by molar-refractivity contribution is 7.97. The quantitative estimate of drug-likeness (QED) is 0.662. The summed E-state index contributed by atoms with van der Waals surface area (Å²) in [5, 5.41) is 0. The number of nitrogens with one attached hydrogen (secondary N) is 1. The Morgan fingerprint density at radius 1 is 1.69 bits per heavy atom. The molecule has 7 heteroatoms. The van der Waals surface area contributed by atoms with Crippen LogP contribution in [-0.4, -0.2) is 25.2 Å². The fourth-order valence-electron chi connectivity index (χ4n) is 1.06. The highest BCUT2D eigenvalue weighted by atomic mass is 32.2. The van der Waals surface area contributed by atoms with Gasteiger partial charge in [0.15, 0.2) is 11.2 Å². The summed E-state index contributed by atoms with van der Waals surface area (Å²) in [5.74, 6) is 0.0869. The molecule has 0 aromatic carbocycles. The van der Waals surface area contributed by atoms with E-state index in [2.05, 4.69) is 15.0 Å². The van der Waals surface area contributed by atoms with E-state index in [0.29, 0.717) is 11.2 Å². The maximum Gasteiger partial charge on any atom is 0.279 e. The standard InChI is InChI=1S/C6H7N5OS/c1-13-11-2-8-4-3(11)5(12)10-6(7)9-4/h2H,1H3,(H3,7,9,10,12). The third-order valence-corrected chi connectivity index (χ3v) is 2.27. The fraction of sp³-hybridized carbons (Fsp3) is 0.167. The summed E-state index contributed by atoms with van der Waals surface area (Å²) in [5.41, 5.74) is 5.89. The van der Waals surface area contributed by atoms with Crippen LogP contribution in [0.1, 0.15) is 0 Å². The van der Waals surface area contributed by atoms with E-state index in [1.54, 1.807) is 3.97 Å². The number of H-pyrrole nitrogens is 1. The van der Waals surface area contributed by atoms with E-state index in [9.17, 15) is 4.79 Å². The number of imidazole rings is 1. The molecular formula is C6H7N5OS. The van der Waals surface area contributed by atoms with Crippen LogP contribution < -0.4 is 11.3 Å². The SMILES string of the molecule is CSn1cnc2nc(N)[nH]c(=O)c21. The van der Waals surface area contributed by atoms with Crippen LogP contribution in [0.15, 0.2) is 11.1 Å². The van der Waals surface area contributed by atoms with Gasteiger partial charge in [-0.2, -0.15) is 4.98 Å². The lowest BCUT2D eigenvalue weighted by atomic mass is 10.5. The van der Waals surface area contributed by atoms with Gasteiger partial charge in [0.2, 0.25) is 5.95 Å². The maximum absolute atomic E-state index is 11.4. The minimum atomic E-state index is -0.269. The van der Waals surface area contributed by atoms with Crippen molar-refractivity contribution in [3.8, 4) is 0 Å². The Kier molecular flexibility index (Phi) is 1.73. The third-order valence-electron chi connectivity index (χ3n) is 1.60. The number of aromatic nitrogens is 4. The Labute approximate surface area is 77.3 Å². The van der Waals surface area contributed by atoms with Crippen LogP contribution in [0.25, 0.3) is 11.2 Å². The smallest absolute Gasteiger partial charge is 0.279 e. The molecule has 0 aliphatic carbocycles. The van der Waals surface area contributed by atoms with Crippen molar-refractivity contribution in [3.05, 3.63) is 16.7 Å². The summed E-state index contributed by atoms with van der Waals surface area (Å²) in [4.78, 5) is 21.6. The number of aromatic amines is 1. The molecule has 0 saturated heterocycles. The van der Waals surface area contributed by atoms with Crippen molar-refractivity contribution in [2.75, 3.05) is 12.0 Å². The second kappa shape index (κ2) is 2.77. The van der Waals surface area contributed by atoms with Crippen LogP contribution >= 0.6 is 11.9 Å². The number of hydrogen-bond acceptors (Lipinski definition) is 5. The molecule has 0 atom stereocenters. The minimum Gasteiger partial charge on any atom is -0.369 e. The summed E-state index contributed by atoms with van der Waals surface area (Å²) in [6.07, 6.45) is 3.38. The molecule has 3 N–H and O–H groups in total. The number of nitrogen functional groups attached to an aromatic ring is 1. The molecule has 2 aromatic rings. The van der Waals surface area contributed by atoms with Crippen molar-refractivity contribution >= 4 is 29.1 Å². The number of nitrogens with zero attached hydrogens (tertiary/aromatic N) is 3. The molecule has 0 fully saturated rings. The van der Waals surface area contributed by atoms with E-state index in [0.717, 1.165) is 0 Å². The molecule has 0 bridgehead atoms. The van der Waals surface area contributed by atoms with Gasteiger partial charge in [-0.1, -0.05) is 0 Å². The van der Waals surface area contributed by atoms with Crippen molar-refractivity contribution in [1.29, 1.82) is 0 Å². The van der Waals surface area contributed by atoms with Crippen LogP contribution in [0, 0.1) is 0 Å². The van der Waals surface area contributed by atoms with E-state index < -0.39 is 0 Å². The van der Waals surface area contributed by atoms with Crippen molar-refractivity contribution < 1.29 is 0 Å². The van der Waals surface area contributed by atoms with Crippen LogP contribution in [-0.2, 0) is 0 Å². The number of nitrogens with two attached hydrogens (primary N) is 1. The van der Waals surface area contributed by atoms with E-state index >= 15 is 0 Å². The second-order valence-electron chi connectivity index (χ2n) is 2.38. The Hall–Kier alpha value is -1.50. The zero-order valence-corrected chi connectivity index (χ0v) is 7.63. The Balaban J connectivity index is 2.90. The molecule has 0 spiro atoms. The average molecular weight is 197 g/mol. The third kappa shape index (κ3) is 1.17. The molecule has 13 heavy (non-hydrogen) atoms. The molecular weight excluding hydrogens is 190 g/mol. The fourth-order valence-corrected chi connectivity index (χ4v) is 1.55. The molecule has 0 saturated carbocycles. The van der Waals surface area contributed by atoms with Gasteiger partial charge in [0.1, 0.15) is 6.33 Å². The molecule has 0 radical (unpaired) electrons. The predicted molar refractivity (Wildman–Crippen MR) is 51.5 cm³/mol. The van der Waals surface area contributed by atoms with Crippen LogP contribution in [0.5, 0.6) is 0 Å². The molecule has 0 unspecified atom stereocenters. The van der Waals surface area contributed by atoms with Gasteiger partial charge in [-0.15, -0.1) is 0 Å². The zero-order valence-electron chi connectivity index (χ0n) is 6.81. The monoisotopic (exact) mass is 197 g/mol. The van der Waals surface area contributed by atoms with Crippen molar-refractivity contribution in [3.63, 3.8) is 0 Å². The van der Waals surface area contributed by atoms with Gasteiger partial charge >= 0.3 is 0 Å². The predicted octanol–water partition coefficient (Wildman–Crippen LogP) is -0.172. The highest BCUT2D eigenvalue weighted by Crippen LogP contribution is 2.10. The highest BCUT2D eigenvalue weighted by Gasteiger charge is 2.07. The van der Waals surface area contributed by atoms with E-state index in [1.165, 1.54) is 18.3 Å². The molecule has 0 amide bonds. The van der Waals surface area contributed by atoms with Gasteiger partial charge in [0, 0.05) is 6.26 Å². The maximum atomic E-state index is 11.4. The Bertz CT molecular complexity index is 501. The van der Waals surface area contributed by atoms with Crippen molar-refractivity contribution in [1.82, 2.24) is 18.9 Å². The Morgan fingerprint density at radius 3 is 3.15 bits per heavy atom. The molecule has 0 aliphatic heterocycles. The largest absolute Gasteiger partial charge is 0.369 e. The van der Waals surface area contributed by atoms with Gasteiger partial charge in [-0.3, -0.25) is 13.8 Å². The molecule has 2 rings (SSSR count). The van der Waals surface area contributed by atoms with E-state index in [4.69, 9.17) is 5.73 Å². The zero-order chi connectivity index (χ0) is 9.42. The van der Waals surface area contributed by atoms with E-state index in [-0.39, 0.29) is 11.5 Å². The second-order valence-corrected chi connectivity index (χ2v) is 3.13. The first kappa shape index (κ1) is 8.11. The van der Waals surface area contributed by atoms with Crippen LogP contribution in [0.2, 0.25) is 0 Å². The summed E-state index contributed by atoms with van der Waals surface area (Å²) in [6, 6.07) is 0. The molecule has 2 aromatic heterocycles. The lowest BCUT2D eigenvalue weighted by molar-refractivity contribution is 1.17. The summed E-state index contributed by atoms with van der Waals surface area (Å²) in [7, 11) is 0. The first-order chi connectivity index (χ1) is 6.22. The molecule has 6 nitrogen and oxygen atoms in total. The summed E-state index contributed by atoms with van der Waals surface area (Å²) >= 11 is 1.38. The van der Waals surface area contributed by atoms with Crippen LogP contribution in [0.3, 0.4) is 0 Å². The topological polar surface area (TPSA) is 89.6 Å². The number of fused-ring (bicyclic) bond motifs is 1. The molecule has 0 aliphatic rings. The Morgan fingerprint density at radius 2 is 2.46 bits per heavy atom. The molecule has 68 valence electrons. The van der Waals surface area contributed by atoms with Gasteiger partial charge in [0.25, 0.3) is 5.56 Å². The number of hydrogen-bond donors (Lipinski definition) is 2. The lowest BCUT2D eigenvalue weighted by Crippen LogP contribution is -2.12. The van der Waals surface area contributed by atoms with Gasteiger partial charge in [0.05, 0.1) is 0 Å². The van der Waals surface area contributed by atoms with Crippen molar-refractivity contribution in [2.24, 2.45) is 0 Å². The lowest BCUT2D eigenvalue weighted by Gasteiger charge is -1.95. The average Bonchev–Trinajstić information content (AvgIpc) is 2.47. The summed E-state index contributed by atoms with van der Waals surface area (Å²) in [6.45, 7) is 0. The first-order valence-electron chi connectivity index (χ1n) is 3.49. The molecule has 2 heterocycles. The van der Waals surface area contributed by atoms with Crippen molar-refractivity contribution in [2.45, 2.75) is 0 Å². The normalized spacial score (nSPS) is 10.8. The number of rotatable bonds is 1. The van der Waals surface area contributed by atoms with Gasteiger partial charge in [-0.05, 0) is 11.9 Å². The van der Waals surface area contributed by atoms with E-state index in [1.807, 2.05) is 6.26 Å². The first-order valence-corrected chi connectivity index (χ1v) is 4.68.